The summed E-state index contributed by atoms with van der Waals surface area (Å²) < 4.78 is 30.0. The molecule has 0 aromatic heterocycles. The van der Waals surface area contributed by atoms with Crippen LogP contribution in [-0.2, 0) is 14.8 Å². The van der Waals surface area contributed by atoms with Crippen molar-refractivity contribution in [1.29, 1.82) is 0 Å². The average Bonchev–Trinajstić information content (AvgIpc) is 2.04. The molecule has 1 aliphatic rings. The fourth-order valence-electron chi connectivity index (χ4n) is 1.17. The van der Waals surface area contributed by atoms with E-state index in [1.54, 1.807) is 0 Å². The normalized spacial score (nSPS) is 20.4. The van der Waals surface area contributed by atoms with Gasteiger partial charge in [0.15, 0.2) is 0 Å². The molecule has 0 N–H and O–H groups in total. The van der Waals surface area contributed by atoms with Crippen molar-refractivity contribution in [2.45, 2.75) is 0 Å². The molecule has 13 heavy (non-hydrogen) atoms. The van der Waals surface area contributed by atoms with Gasteiger partial charge in [0.1, 0.15) is 0 Å². The quantitative estimate of drug-likeness (QED) is 0.586. The molecule has 0 aliphatic carbocycles. The third-order valence-electron chi connectivity index (χ3n) is 1.85. The monoisotopic (exact) mass is 207 g/mol. The van der Waals surface area contributed by atoms with Crippen LogP contribution >= 0.6 is 0 Å². The lowest BCUT2D eigenvalue weighted by atomic mass is 10.4. The highest BCUT2D eigenvalue weighted by Crippen LogP contribution is 1.95. The van der Waals surface area contributed by atoms with Crippen LogP contribution in [0.15, 0.2) is 0 Å². The van der Waals surface area contributed by atoms with Crippen molar-refractivity contribution in [2.75, 3.05) is 45.6 Å². The van der Waals surface area contributed by atoms with Gasteiger partial charge in [-0.25, -0.2) is 8.42 Å². The molecule has 77 valence electrons. The van der Waals surface area contributed by atoms with Crippen molar-refractivity contribution < 1.29 is 13.2 Å². The minimum atomic E-state index is -3.16. The number of hydrogen-bond acceptors (Lipinski definition) is 4. The second kappa shape index (κ2) is 4.90. The van der Waals surface area contributed by atoms with Gasteiger partial charge in [0, 0.05) is 26.2 Å². The number of hydrogen-bond donors (Lipinski definition) is 0. The van der Waals surface area contributed by atoms with Crippen LogP contribution in [0, 0.1) is 0 Å². The van der Waals surface area contributed by atoms with Gasteiger partial charge >= 0.3 is 0 Å². The average molecular weight is 207 g/mol. The first kappa shape index (κ1) is 10.9. The summed E-state index contributed by atoms with van der Waals surface area (Å²) in [5.74, 6) is 0. The van der Waals surface area contributed by atoms with E-state index in [0.717, 1.165) is 32.6 Å². The van der Waals surface area contributed by atoms with E-state index < -0.39 is 10.0 Å². The Kier molecular flexibility index (Phi) is 4.11. The van der Waals surface area contributed by atoms with Crippen LogP contribution in [0.2, 0.25) is 0 Å². The van der Waals surface area contributed by atoms with Gasteiger partial charge in [0.2, 0.25) is 10.0 Å². The molecule has 1 saturated heterocycles. The van der Waals surface area contributed by atoms with E-state index in [2.05, 4.69) is 9.62 Å². The Bertz CT molecular complexity index is 234. The van der Waals surface area contributed by atoms with Crippen LogP contribution in [-0.4, -0.2) is 59.0 Å². The van der Waals surface area contributed by atoms with E-state index in [1.807, 2.05) is 0 Å². The zero-order valence-electron chi connectivity index (χ0n) is 7.77. The second-order valence-corrected chi connectivity index (χ2v) is 4.76. The van der Waals surface area contributed by atoms with E-state index in [4.69, 9.17) is 4.74 Å². The molecule has 0 aromatic rings. The molecule has 1 aliphatic heterocycles. The molecular formula is C7H15N2O3S. The largest absolute Gasteiger partial charge is 0.379 e. The van der Waals surface area contributed by atoms with E-state index in [1.165, 1.54) is 0 Å². The van der Waals surface area contributed by atoms with Crippen LogP contribution < -0.4 is 4.72 Å². The van der Waals surface area contributed by atoms with Gasteiger partial charge in [-0.15, -0.1) is 4.72 Å². The topological polar surface area (TPSA) is 60.7 Å². The third kappa shape index (κ3) is 5.20. The van der Waals surface area contributed by atoms with Gasteiger partial charge in [-0.2, -0.15) is 0 Å². The van der Waals surface area contributed by atoms with Gasteiger partial charge in [0.25, 0.3) is 0 Å². The molecule has 1 rings (SSSR count). The molecule has 0 unspecified atom stereocenters. The van der Waals surface area contributed by atoms with E-state index >= 15 is 0 Å². The summed E-state index contributed by atoms with van der Waals surface area (Å²) in [6.45, 7) is 4.28. The van der Waals surface area contributed by atoms with Crippen molar-refractivity contribution in [1.82, 2.24) is 9.62 Å². The molecule has 0 saturated carbocycles. The Hall–Kier alpha value is -0.170. The van der Waals surface area contributed by atoms with Crippen molar-refractivity contribution >= 4 is 10.0 Å². The molecule has 6 heteroatoms. The highest BCUT2D eigenvalue weighted by molar-refractivity contribution is 7.88. The van der Waals surface area contributed by atoms with Gasteiger partial charge in [-0.3, -0.25) is 4.90 Å². The van der Waals surface area contributed by atoms with Crippen LogP contribution in [0.1, 0.15) is 0 Å². The Balaban J connectivity index is 2.11. The lowest BCUT2D eigenvalue weighted by molar-refractivity contribution is 0.0389. The highest BCUT2D eigenvalue weighted by atomic mass is 32.2. The SMILES string of the molecule is CS(=O)(=O)[N]CCN1CCOCC1. The predicted octanol–water partition coefficient (Wildman–Crippen LogP) is -1.12. The molecule has 1 heterocycles. The minimum absolute atomic E-state index is 0.360. The molecule has 0 atom stereocenters. The number of sulfonamides is 1. The molecule has 0 aromatic carbocycles. The summed E-state index contributed by atoms with van der Waals surface area (Å²) in [6.07, 6.45) is 1.12. The molecule has 1 radical (unpaired) electrons. The summed E-state index contributed by atoms with van der Waals surface area (Å²) in [5, 5.41) is 0. The van der Waals surface area contributed by atoms with Crippen LogP contribution in [0.25, 0.3) is 0 Å². The standard InChI is InChI=1S/C7H15N2O3S/c1-13(10,11)8-2-3-9-4-6-12-7-5-9/h2-7H2,1H3. The number of rotatable bonds is 4. The van der Waals surface area contributed by atoms with E-state index in [9.17, 15) is 8.42 Å². The minimum Gasteiger partial charge on any atom is -0.379 e. The Morgan fingerprint density at radius 2 is 2.00 bits per heavy atom. The first-order chi connectivity index (χ1) is 6.08. The Labute approximate surface area is 79.1 Å². The molecule has 0 spiro atoms. The molecule has 5 nitrogen and oxygen atoms in total. The molecular weight excluding hydrogens is 192 g/mol. The van der Waals surface area contributed by atoms with E-state index in [-0.39, 0.29) is 0 Å². The van der Waals surface area contributed by atoms with Gasteiger partial charge in [-0.1, -0.05) is 0 Å². The molecule has 0 bridgehead atoms. The second-order valence-electron chi connectivity index (χ2n) is 3.04. The third-order valence-corrected chi connectivity index (χ3v) is 2.50. The van der Waals surface area contributed by atoms with Crippen LogP contribution in [0.3, 0.4) is 0 Å². The van der Waals surface area contributed by atoms with Crippen LogP contribution in [0.4, 0.5) is 0 Å². The van der Waals surface area contributed by atoms with Crippen molar-refractivity contribution in [2.24, 2.45) is 0 Å². The smallest absolute Gasteiger partial charge is 0.225 e. The summed E-state index contributed by atoms with van der Waals surface area (Å²) in [6, 6.07) is 0. The van der Waals surface area contributed by atoms with Gasteiger partial charge < -0.3 is 4.74 Å². The lowest BCUT2D eigenvalue weighted by Gasteiger charge is -2.25. The van der Waals surface area contributed by atoms with Gasteiger partial charge in [-0.05, 0) is 0 Å². The zero-order chi connectivity index (χ0) is 9.73. The van der Waals surface area contributed by atoms with Crippen molar-refractivity contribution in [3.63, 3.8) is 0 Å². The molecule has 0 amide bonds. The maximum absolute atomic E-state index is 10.7. The number of ether oxygens (including phenoxy) is 1. The highest BCUT2D eigenvalue weighted by Gasteiger charge is 2.10. The van der Waals surface area contributed by atoms with Crippen LogP contribution in [0.5, 0.6) is 0 Å². The maximum atomic E-state index is 10.7. The summed E-state index contributed by atoms with van der Waals surface area (Å²) in [7, 11) is -3.16. The first-order valence-electron chi connectivity index (χ1n) is 4.27. The summed E-state index contributed by atoms with van der Waals surface area (Å²) >= 11 is 0. The fourth-order valence-corrected chi connectivity index (χ4v) is 1.59. The summed E-state index contributed by atoms with van der Waals surface area (Å²) in [5.41, 5.74) is 0. The fraction of sp³-hybridized carbons (Fsp3) is 1.00. The maximum Gasteiger partial charge on any atom is 0.225 e. The lowest BCUT2D eigenvalue weighted by Crippen LogP contribution is -2.39. The predicted molar refractivity (Wildman–Crippen MR) is 49.1 cm³/mol. The number of nitrogens with zero attached hydrogens (tertiary/aromatic N) is 2. The first-order valence-corrected chi connectivity index (χ1v) is 6.11. The Morgan fingerprint density at radius 1 is 1.38 bits per heavy atom. The number of morpholine rings is 1. The summed E-state index contributed by atoms with van der Waals surface area (Å²) in [4.78, 5) is 2.15. The Morgan fingerprint density at radius 3 is 2.54 bits per heavy atom. The van der Waals surface area contributed by atoms with Gasteiger partial charge in [0.05, 0.1) is 19.5 Å². The van der Waals surface area contributed by atoms with E-state index in [0.29, 0.717) is 13.1 Å². The van der Waals surface area contributed by atoms with Crippen molar-refractivity contribution in [3.8, 4) is 0 Å². The zero-order valence-corrected chi connectivity index (χ0v) is 8.59. The molecule has 1 fully saturated rings. The van der Waals surface area contributed by atoms with Crippen molar-refractivity contribution in [3.05, 3.63) is 0 Å².